The van der Waals surface area contributed by atoms with Crippen LogP contribution in [-0.4, -0.2) is 42.8 Å². The van der Waals surface area contributed by atoms with Crippen molar-refractivity contribution in [3.05, 3.63) is 95.8 Å². The molecule has 5 rings (SSSR count). The normalized spacial score (nSPS) is 16.8. The van der Waals surface area contributed by atoms with E-state index in [-0.39, 0.29) is 17.5 Å². The molecule has 2 aromatic heterocycles. The number of anilines is 1. The topological polar surface area (TPSA) is 121 Å². The van der Waals surface area contributed by atoms with Gasteiger partial charge in [0.1, 0.15) is 5.82 Å². The summed E-state index contributed by atoms with van der Waals surface area (Å²) in [6, 6.07) is 14.5. The van der Waals surface area contributed by atoms with E-state index in [1.54, 1.807) is 54.7 Å². The summed E-state index contributed by atoms with van der Waals surface area (Å²) in [5, 5.41) is 6.65. The lowest BCUT2D eigenvalue weighted by atomic mass is 9.99. The highest BCUT2D eigenvalue weighted by molar-refractivity contribution is 7.77. The predicted octanol–water partition coefficient (Wildman–Crippen LogP) is 4.59. The molecule has 3 heterocycles. The molecule has 1 saturated heterocycles. The van der Waals surface area contributed by atoms with Crippen molar-refractivity contribution in [2.75, 3.05) is 18.4 Å². The van der Waals surface area contributed by atoms with E-state index in [1.807, 2.05) is 0 Å². The van der Waals surface area contributed by atoms with Crippen LogP contribution in [0.2, 0.25) is 0 Å². The quantitative estimate of drug-likeness (QED) is 0.223. The van der Waals surface area contributed by atoms with Gasteiger partial charge >= 0.3 is 0 Å². The summed E-state index contributed by atoms with van der Waals surface area (Å²) in [7, 11) is 0. The van der Waals surface area contributed by atoms with E-state index >= 15 is 8.78 Å². The van der Waals surface area contributed by atoms with Crippen LogP contribution in [0.4, 0.5) is 14.7 Å². The van der Waals surface area contributed by atoms with E-state index in [1.165, 1.54) is 6.20 Å². The van der Waals surface area contributed by atoms with Gasteiger partial charge in [0.2, 0.25) is 23.1 Å². The van der Waals surface area contributed by atoms with Gasteiger partial charge in [0, 0.05) is 36.6 Å². The Morgan fingerprint density at radius 3 is 2.67 bits per heavy atom. The lowest BCUT2D eigenvalue weighted by Crippen LogP contribution is -2.38. The lowest BCUT2D eigenvalue weighted by molar-refractivity contribution is 0.421. The number of hydrogen-bond acceptors (Lipinski definition) is 7. The zero-order valence-electron chi connectivity index (χ0n) is 20.7. The molecule has 0 bridgehead atoms. The van der Waals surface area contributed by atoms with Crippen molar-refractivity contribution in [1.29, 1.82) is 0 Å². The Balaban J connectivity index is 1.42. The van der Waals surface area contributed by atoms with Gasteiger partial charge in [-0.2, -0.15) is 0 Å². The number of ether oxygens (including phenoxy) is 1. The molecule has 0 aliphatic carbocycles. The summed E-state index contributed by atoms with van der Waals surface area (Å²) in [4.78, 5) is 13.1. The van der Waals surface area contributed by atoms with Crippen LogP contribution >= 0.6 is 0 Å². The summed E-state index contributed by atoms with van der Waals surface area (Å²) in [5.41, 5.74) is 1.29. The number of piperidine rings is 1. The number of nitrogens with one attached hydrogen (secondary N) is 3. The minimum Gasteiger partial charge on any atom is -0.435 e. The van der Waals surface area contributed by atoms with E-state index in [0.29, 0.717) is 22.8 Å². The van der Waals surface area contributed by atoms with Gasteiger partial charge in [-0.05, 0) is 49.2 Å². The molecule has 1 fully saturated rings. The second-order valence-corrected chi connectivity index (χ2v) is 9.66. The first-order valence-corrected chi connectivity index (χ1v) is 13.4. The Labute approximate surface area is 226 Å². The molecule has 12 heteroatoms. The zero-order chi connectivity index (χ0) is 27.2. The van der Waals surface area contributed by atoms with Crippen molar-refractivity contribution in [3.63, 3.8) is 0 Å². The molecule has 0 spiro atoms. The van der Waals surface area contributed by atoms with Crippen LogP contribution in [0.5, 0.6) is 11.6 Å². The Kier molecular flexibility index (Phi) is 8.47. The first kappa shape index (κ1) is 26.8. The fourth-order valence-corrected chi connectivity index (χ4v) is 4.87. The highest BCUT2D eigenvalue weighted by atomic mass is 32.2. The van der Waals surface area contributed by atoms with Crippen molar-refractivity contribution >= 4 is 17.2 Å². The van der Waals surface area contributed by atoms with Gasteiger partial charge in [0.25, 0.3) is 0 Å². The van der Waals surface area contributed by atoms with Crippen LogP contribution in [0.25, 0.3) is 11.3 Å². The Morgan fingerprint density at radius 1 is 1.05 bits per heavy atom. The summed E-state index contributed by atoms with van der Waals surface area (Å²) in [6.45, 7) is 1.79. The fraction of sp³-hybridized carbons (Fsp3) is 0.222. The maximum absolute atomic E-state index is 15.3. The third-order valence-corrected chi connectivity index (χ3v) is 6.69. The number of benzene rings is 2. The maximum atomic E-state index is 15.3. The highest BCUT2D eigenvalue weighted by Crippen LogP contribution is 2.35. The van der Waals surface area contributed by atoms with E-state index in [0.717, 1.165) is 38.1 Å². The van der Waals surface area contributed by atoms with Crippen LogP contribution < -0.4 is 20.1 Å². The minimum atomic E-state index is -2.48. The molecule has 1 unspecified atom stereocenters. The minimum absolute atomic E-state index is 0.0294. The molecule has 202 valence electrons. The molecule has 0 saturated carbocycles. The van der Waals surface area contributed by atoms with Gasteiger partial charge in [0.15, 0.2) is 11.6 Å². The fourth-order valence-electron chi connectivity index (χ4n) is 4.41. The molecular weight excluding hydrogens is 526 g/mol. The molecule has 4 aromatic rings. The van der Waals surface area contributed by atoms with E-state index in [2.05, 4.69) is 30.3 Å². The zero-order valence-corrected chi connectivity index (χ0v) is 21.5. The van der Waals surface area contributed by atoms with Crippen LogP contribution in [0, 0.1) is 11.6 Å². The summed E-state index contributed by atoms with van der Waals surface area (Å²) < 4.78 is 59.6. The SMILES string of the molecule is O=S(O)N[C@@H](c1ccccc1)c1cc(F)c(Oc2ncccc2-c2ccnc(N[C@H]3CCCNC3)n2)cc1F. The van der Waals surface area contributed by atoms with E-state index < -0.39 is 34.7 Å². The monoisotopic (exact) mass is 552 g/mol. The van der Waals surface area contributed by atoms with E-state index in [4.69, 9.17) is 4.74 Å². The summed E-state index contributed by atoms with van der Waals surface area (Å²) in [6.07, 6.45) is 5.13. The molecular formula is C27H26F2N6O3S. The van der Waals surface area contributed by atoms with Crippen LogP contribution in [0.3, 0.4) is 0 Å². The second-order valence-electron chi connectivity index (χ2n) is 8.93. The number of halogens is 2. The highest BCUT2D eigenvalue weighted by Gasteiger charge is 2.23. The average Bonchev–Trinajstić information content (AvgIpc) is 2.95. The maximum Gasteiger partial charge on any atom is 0.232 e. The Bertz CT molecular complexity index is 1460. The Morgan fingerprint density at radius 2 is 1.90 bits per heavy atom. The first-order valence-electron chi connectivity index (χ1n) is 12.3. The van der Waals surface area contributed by atoms with Crippen LogP contribution in [-0.2, 0) is 11.3 Å². The molecule has 1 aliphatic heterocycles. The van der Waals surface area contributed by atoms with Crippen molar-refractivity contribution < 1.29 is 22.3 Å². The molecule has 4 N–H and O–H groups in total. The van der Waals surface area contributed by atoms with Gasteiger partial charge in [0.05, 0.1) is 17.3 Å². The third kappa shape index (κ3) is 6.60. The van der Waals surface area contributed by atoms with Gasteiger partial charge in [-0.15, -0.1) is 0 Å². The molecule has 0 amide bonds. The van der Waals surface area contributed by atoms with E-state index in [9.17, 15) is 8.76 Å². The largest absolute Gasteiger partial charge is 0.435 e. The summed E-state index contributed by atoms with van der Waals surface area (Å²) in [5.74, 6) is -1.62. The predicted molar refractivity (Wildman–Crippen MR) is 143 cm³/mol. The van der Waals surface area contributed by atoms with Crippen molar-refractivity contribution in [2.24, 2.45) is 0 Å². The van der Waals surface area contributed by atoms with Gasteiger partial charge < -0.3 is 15.4 Å². The van der Waals surface area contributed by atoms with Crippen LogP contribution in [0.1, 0.15) is 30.0 Å². The van der Waals surface area contributed by atoms with Crippen LogP contribution in [0.15, 0.2) is 73.1 Å². The standard InChI is InChI=1S/C27H26F2N6O3S/c28-21-15-24(22(29)14-20(21)25(35-39(36)37)17-6-2-1-3-7-17)38-26-19(9-5-12-31-26)23-10-13-32-27(34-23)33-18-8-4-11-30-16-18/h1-3,5-7,9-10,12-15,18,25,30,35H,4,8,11,16H2,(H,36,37)(H,32,33,34)/t18-,25-/m0/s1. The molecule has 3 atom stereocenters. The molecule has 0 radical (unpaired) electrons. The number of nitrogens with zero attached hydrogens (tertiary/aromatic N) is 3. The number of aromatic nitrogens is 3. The summed E-state index contributed by atoms with van der Waals surface area (Å²) >= 11 is -2.48. The molecule has 2 aromatic carbocycles. The van der Waals surface area contributed by atoms with Gasteiger partial charge in [-0.1, -0.05) is 30.3 Å². The molecule has 39 heavy (non-hydrogen) atoms. The number of hydrogen-bond donors (Lipinski definition) is 4. The lowest BCUT2D eigenvalue weighted by Gasteiger charge is -2.23. The van der Waals surface area contributed by atoms with Crippen molar-refractivity contribution in [1.82, 2.24) is 25.0 Å². The average molecular weight is 553 g/mol. The smallest absolute Gasteiger partial charge is 0.232 e. The second kappa shape index (κ2) is 12.3. The van der Waals surface area contributed by atoms with Crippen molar-refractivity contribution in [2.45, 2.75) is 24.9 Å². The number of pyridine rings is 1. The van der Waals surface area contributed by atoms with Gasteiger partial charge in [-0.3, -0.25) is 4.55 Å². The van der Waals surface area contributed by atoms with Gasteiger partial charge in [-0.25, -0.2) is 32.7 Å². The first-order chi connectivity index (χ1) is 19.0. The molecule has 1 aliphatic rings. The Hall–Kier alpha value is -3.84. The third-order valence-electron chi connectivity index (χ3n) is 6.25. The number of rotatable bonds is 9. The molecule has 9 nitrogen and oxygen atoms in total. The van der Waals surface area contributed by atoms with Crippen molar-refractivity contribution in [3.8, 4) is 22.9 Å².